The molecular formula is C19H16Cl2N4O3. The van der Waals surface area contributed by atoms with Crippen LogP contribution in [-0.4, -0.2) is 24.1 Å². The number of rotatable bonds is 5. The number of benzene rings is 2. The summed E-state index contributed by atoms with van der Waals surface area (Å²) in [5.41, 5.74) is 7.84. The average Bonchev–Trinajstić information content (AvgIpc) is 3.16. The quantitative estimate of drug-likeness (QED) is 0.482. The van der Waals surface area contributed by atoms with E-state index in [4.69, 9.17) is 38.2 Å². The van der Waals surface area contributed by atoms with Crippen LogP contribution in [0.2, 0.25) is 10.0 Å². The van der Waals surface area contributed by atoms with E-state index in [1.165, 1.54) is 6.26 Å². The predicted molar refractivity (Wildman–Crippen MR) is 108 cm³/mol. The molecule has 0 saturated heterocycles. The Kier molecular flexibility index (Phi) is 6.18. The van der Waals surface area contributed by atoms with Gasteiger partial charge in [0.05, 0.1) is 13.7 Å². The summed E-state index contributed by atoms with van der Waals surface area (Å²) >= 11 is 11.9. The van der Waals surface area contributed by atoms with Crippen LogP contribution in [0.4, 0.5) is 0 Å². The zero-order valence-electron chi connectivity index (χ0n) is 14.8. The molecule has 1 amide bonds. The maximum Gasteiger partial charge on any atom is 0.263 e. The van der Waals surface area contributed by atoms with E-state index in [2.05, 4.69) is 15.5 Å². The molecule has 28 heavy (non-hydrogen) atoms. The second-order valence-corrected chi connectivity index (χ2v) is 6.61. The molecule has 0 bridgehead atoms. The zero-order chi connectivity index (χ0) is 20.1. The number of hydrogen-bond donors (Lipinski definition) is 2. The van der Waals surface area contributed by atoms with Gasteiger partial charge in [-0.25, -0.2) is 4.99 Å². The number of carbonyl (C=O) groups excluding carboxylic acids is 1. The van der Waals surface area contributed by atoms with E-state index in [0.29, 0.717) is 27.1 Å². The van der Waals surface area contributed by atoms with Gasteiger partial charge in [0.15, 0.2) is 5.96 Å². The first-order valence-corrected chi connectivity index (χ1v) is 8.87. The highest BCUT2D eigenvalue weighted by Gasteiger charge is 2.18. The third-order valence-electron chi connectivity index (χ3n) is 3.75. The fourth-order valence-corrected chi connectivity index (χ4v) is 3.05. The van der Waals surface area contributed by atoms with Gasteiger partial charge in [-0.05, 0) is 35.9 Å². The maximum absolute atomic E-state index is 12.5. The molecule has 0 radical (unpaired) electrons. The molecule has 3 aromatic rings. The number of guanidine groups is 1. The second kappa shape index (κ2) is 8.77. The van der Waals surface area contributed by atoms with Gasteiger partial charge in [-0.3, -0.25) is 10.1 Å². The van der Waals surface area contributed by atoms with Crippen molar-refractivity contribution in [3.63, 3.8) is 0 Å². The Balaban J connectivity index is 1.73. The molecule has 0 saturated carbocycles. The Morgan fingerprint density at radius 3 is 2.71 bits per heavy atom. The minimum Gasteiger partial charge on any atom is -0.497 e. The molecule has 3 N–H and O–H groups in total. The van der Waals surface area contributed by atoms with Crippen molar-refractivity contribution in [2.75, 3.05) is 7.11 Å². The van der Waals surface area contributed by atoms with E-state index in [9.17, 15) is 4.79 Å². The molecule has 1 heterocycles. The number of carbonyl (C=O) groups is 1. The normalized spacial score (nSPS) is 11.3. The zero-order valence-corrected chi connectivity index (χ0v) is 16.3. The van der Waals surface area contributed by atoms with Gasteiger partial charge in [0, 0.05) is 15.6 Å². The predicted octanol–water partition coefficient (Wildman–Crippen LogP) is 3.90. The first kappa shape index (κ1) is 19.7. The fourth-order valence-electron chi connectivity index (χ4n) is 2.48. The van der Waals surface area contributed by atoms with Gasteiger partial charge in [-0.2, -0.15) is 0 Å². The van der Waals surface area contributed by atoms with Gasteiger partial charge in [0.2, 0.25) is 0 Å². The number of nitrogens with zero attached hydrogens (tertiary/aromatic N) is 2. The first-order valence-electron chi connectivity index (χ1n) is 8.11. The van der Waals surface area contributed by atoms with Crippen molar-refractivity contribution < 1.29 is 14.1 Å². The number of aromatic nitrogens is 1. The van der Waals surface area contributed by atoms with E-state index in [1.807, 2.05) is 0 Å². The molecule has 3 rings (SSSR count). The van der Waals surface area contributed by atoms with Crippen LogP contribution in [0.15, 0.2) is 58.2 Å². The first-order chi connectivity index (χ1) is 13.5. The Bertz CT molecular complexity index is 1010. The third kappa shape index (κ3) is 4.82. The highest BCUT2D eigenvalue weighted by molar-refractivity contribution is 6.34. The van der Waals surface area contributed by atoms with Crippen molar-refractivity contribution in [3.05, 3.63) is 69.9 Å². The molecule has 2 aromatic carbocycles. The Morgan fingerprint density at radius 1 is 1.25 bits per heavy atom. The Hall–Kier alpha value is -3.03. The number of nitrogens with two attached hydrogens (primary N) is 1. The number of aliphatic imine (C=N–C) groups is 1. The van der Waals surface area contributed by atoms with Crippen LogP contribution >= 0.6 is 23.2 Å². The third-order valence-corrected chi connectivity index (χ3v) is 4.19. The second-order valence-electron chi connectivity index (χ2n) is 5.74. The Morgan fingerprint density at radius 2 is 2.00 bits per heavy atom. The summed E-state index contributed by atoms with van der Waals surface area (Å²) in [5.74, 6) is 0.0800. The molecule has 144 valence electrons. The SMILES string of the molecule is COc1cccc(-c2nocc2C(=O)NC(N)=NCc2cc(Cl)cc(Cl)c2)c1. The molecule has 0 aliphatic heterocycles. The molecule has 0 aliphatic carbocycles. The highest BCUT2D eigenvalue weighted by Crippen LogP contribution is 2.25. The van der Waals surface area contributed by atoms with Crippen molar-refractivity contribution >= 4 is 35.1 Å². The summed E-state index contributed by atoms with van der Waals surface area (Å²) in [4.78, 5) is 16.7. The number of methoxy groups -OCH3 is 1. The number of nitrogens with one attached hydrogen (secondary N) is 1. The summed E-state index contributed by atoms with van der Waals surface area (Å²) in [5, 5.41) is 7.40. The van der Waals surface area contributed by atoms with Gasteiger partial charge in [0.25, 0.3) is 5.91 Å². The minimum absolute atomic E-state index is 0.0566. The van der Waals surface area contributed by atoms with Crippen molar-refractivity contribution in [2.45, 2.75) is 6.54 Å². The minimum atomic E-state index is -0.496. The lowest BCUT2D eigenvalue weighted by atomic mass is 10.1. The van der Waals surface area contributed by atoms with E-state index in [1.54, 1.807) is 49.6 Å². The van der Waals surface area contributed by atoms with E-state index in [-0.39, 0.29) is 18.1 Å². The van der Waals surface area contributed by atoms with Crippen molar-refractivity contribution in [1.29, 1.82) is 0 Å². The van der Waals surface area contributed by atoms with Crippen LogP contribution in [0.3, 0.4) is 0 Å². The monoisotopic (exact) mass is 418 g/mol. The molecule has 9 heteroatoms. The van der Waals surface area contributed by atoms with Gasteiger partial charge in [-0.1, -0.05) is 40.5 Å². The standard InChI is InChI=1S/C19H16Cl2N4O3/c1-27-15-4-2-3-12(7-15)17-16(10-28-25-17)18(26)24-19(22)23-9-11-5-13(20)8-14(21)6-11/h2-8,10H,9H2,1H3,(H3,22,23,24,26). The van der Waals surface area contributed by atoms with Crippen molar-refractivity contribution in [1.82, 2.24) is 10.5 Å². The Labute approximate surface area is 171 Å². The van der Waals surface area contributed by atoms with Crippen LogP contribution in [0.5, 0.6) is 5.75 Å². The number of ether oxygens (including phenoxy) is 1. The highest BCUT2D eigenvalue weighted by atomic mass is 35.5. The van der Waals surface area contributed by atoms with E-state index < -0.39 is 5.91 Å². The van der Waals surface area contributed by atoms with Gasteiger partial charge in [-0.15, -0.1) is 0 Å². The van der Waals surface area contributed by atoms with Crippen molar-refractivity contribution in [3.8, 4) is 17.0 Å². The van der Waals surface area contributed by atoms with Gasteiger partial charge >= 0.3 is 0 Å². The molecule has 0 atom stereocenters. The molecule has 0 unspecified atom stereocenters. The van der Waals surface area contributed by atoms with Crippen LogP contribution in [0.25, 0.3) is 11.3 Å². The van der Waals surface area contributed by atoms with E-state index in [0.717, 1.165) is 5.56 Å². The topological polar surface area (TPSA) is 103 Å². The molecule has 7 nitrogen and oxygen atoms in total. The van der Waals surface area contributed by atoms with Gasteiger partial charge in [0.1, 0.15) is 23.3 Å². The fraction of sp³-hybridized carbons (Fsp3) is 0.105. The summed E-state index contributed by atoms with van der Waals surface area (Å²) in [6, 6.07) is 12.2. The number of hydrogen-bond acceptors (Lipinski definition) is 5. The molecule has 0 aliphatic rings. The lowest BCUT2D eigenvalue weighted by molar-refractivity contribution is 0.0976. The lowest BCUT2D eigenvalue weighted by Gasteiger charge is -2.06. The molecular weight excluding hydrogens is 403 g/mol. The summed E-state index contributed by atoms with van der Waals surface area (Å²) < 4.78 is 10.2. The van der Waals surface area contributed by atoms with Crippen LogP contribution in [0, 0.1) is 0 Å². The molecule has 1 aromatic heterocycles. The van der Waals surface area contributed by atoms with Crippen LogP contribution in [-0.2, 0) is 6.54 Å². The van der Waals surface area contributed by atoms with E-state index >= 15 is 0 Å². The number of amides is 1. The van der Waals surface area contributed by atoms with Crippen LogP contribution in [0.1, 0.15) is 15.9 Å². The van der Waals surface area contributed by atoms with Gasteiger partial charge < -0.3 is 15.0 Å². The average molecular weight is 419 g/mol. The molecule has 0 spiro atoms. The summed E-state index contributed by atoms with van der Waals surface area (Å²) in [6.45, 7) is 0.207. The molecule has 0 fully saturated rings. The smallest absolute Gasteiger partial charge is 0.263 e. The maximum atomic E-state index is 12.5. The summed E-state index contributed by atoms with van der Waals surface area (Å²) in [6.07, 6.45) is 1.24. The summed E-state index contributed by atoms with van der Waals surface area (Å²) in [7, 11) is 1.56. The largest absolute Gasteiger partial charge is 0.497 e. The number of halogens is 2. The van der Waals surface area contributed by atoms with Crippen molar-refractivity contribution in [2.24, 2.45) is 10.7 Å². The lowest BCUT2D eigenvalue weighted by Crippen LogP contribution is -2.36. The van der Waals surface area contributed by atoms with Crippen LogP contribution < -0.4 is 15.8 Å².